The molecule has 96 valence electrons. The molecule has 1 aliphatic carbocycles. The van der Waals surface area contributed by atoms with Crippen LogP contribution in [0.3, 0.4) is 0 Å². The predicted octanol–water partition coefficient (Wildman–Crippen LogP) is 2.37. The summed E-state index contributed by atoms with van der Waals surface area (Å²) in [6.45, 7) is 0.778. The van der Waals surface area contributed by atoms with E-state index in [-0.39, 0.29) is 5.82 Å². The summed E-state index contributed by atoms with van der Waals surface area (Å²) in [7, 11) is 0. The van der Waals surface area contributed by atoms with Crippen LogP contribution in [-0.4, -0.2) is 16.5 Å². The first-order valence-corrected chi connectivity index (χ1v) is 6.95. The van der Waals surface area contributed by atoms with Gasteiger partial charge in [0.15, 0.2) is 5.82 Å². The standard InChI is InChI=1S/C12H16BrN5/c13-10-7-16-11(6-14)17-12(10)18(15)8-9-4-2-1-3-5-9/h7,9H,1-5,8,15H2. The van der Waals surface area contributed by atoms with E-state index in [0.717, 1.165) is 11.0 Å². The quantitative estimate of drug-likeness (QED) is 0.685. The molecule has 2 N–H and O–H groups in total. The van der Waals surface area contributed by atoms with Gasteiger partial charge >= 0.3 is 0 Å². The van der Waals surface area contributed by atoms with Crippen LogP contribution in [0.5, 0.6) is 0 Å². The third-order valence-corrected chi connectivity index (χ3v) is 3.84. The Morgan fingerprint density at radius 2 is 2.17 bits per heavy atom. The van der Waals surface area contributed by atoms with Crippen LogP contribution >= 0.6 is 15.9 Å². The Bertz CT molecular complexity index is 450. The predicted molar refractivity (Wildman–Crippen MR) is 72.6 cm³/mol. The lowest BCUT2D eigenvalue weighted by molar-refractivity contribution is 0.358. The number of anilines is 1. The van der Waals surface area contributed by atoms with Gasteiger partial charge in [-0.3, -0.25) is 5.01 Å². The summed E-state index contributed by atoms with van der Waals surface area (Å²) in [6, 6.07) is 1.93. The van der Waals surface area contributed by atoms with Crippen molar-refractivity contribution in [1.82, 2.24) is 9.97 Å². The molecule has 0 aromatic carbocycles. The molecule has 0 atom stereocenters. The minimum Gasteiger partial charge on any atom is -0.294 e. The molecule has 6 heteroatoms. The fourth-order valence-corrected chi connectivity index (χ4v) is 2.77. The normalized spacial score (nSPS) is 16.3. The van der Waals surface area contributed by atoms with Gasteiger partial charge in [-0.25, -0.2) is 10.8 Å². The topological polar surface area (TPSA) is 78.8 Å². The molecule has 0 unspecified atom stereocenters. The van der Waals surface area contributed by atoms with Gasteiger partial charge in [0.05, 0.1) is 4.47 Å². The van der Waals surface area contributed by atoms with Crippen molar-refractivity contribution in [3.8, 4) is 6.07 Å². The summed E-state index contributed by atoms with van der Waals surface area (Å²) in [6.07, 6.45) is 7.92. The van der Waals surface area contributed by atoms with Gasteiger partial charge in [-0.05, 0) is 34.7 Å². The lowest BCUT2D eigenvalue weighted by Crippen LogP contribution is -2.37. The average molecular weight is 310 g/mol. The molecule has 1 aromatic rings. The Morgan fingerprint density at radius 1 is 1.44 bits per heavy atom. The van der Waals surface area contributed by atoms with E-state index in [2.05, 4.69) is 25.9 Å². The molecule has 0 radical (unpaired) electrons. The van der Waals surface area contributed by atoms with Crippen LogP contribution < -0.4 is 10.9 Å². The zero-order valence-electron chi connectivity index (χ0n) is 10.1. The molecule has 1 aliphatic rings. The number of hydrogen-bond acceptors (Lipinski definition) is 5. The van der Waals surface area contributed by atoms with Gasteiger partial charge in [0, 0.05) is 12.7 Å². The Balaban J connectivity index is 2.07. The molecular formula is C12H16BrN5. The highest BCUT2D eigenvalue weighted by Crippen LogP contribution is 2.27. The SMILES string of the molecule is N#Cc1ncc(Br)c(N(N)CC2CCCCC2)n1. The first-order chi connectivity index (χ1) is 8.70. The lowest BCUT2D eigenvalue weighted by Gasteiger charge is -2.27. The van der Waals surface area contributed by atoms with Gasteiger partial charge in [0.2, 0.25) is 5.82 Å². The molecule has 0 spiro atoms. The molecule has 1 fully saturated rings. The van der Waals surface area contributed by atoms with Gasteiger partial charge in [-0.15, -0.1) is 0 Å². The summed E-state index contributed by atoms with van der Waals surface area (Å²) in [5, 5.41) is 10.4. The van der Waals surface area contributed by atoms with Crippen molar-refractivity contribution in [1.29, 1.82) is 5.26 Å². The number of halogens is 1. The van der Waals surface area contributed by atoms with Crippen molar-refractivity contribution in [2.75, 3.05) is 11.6 Å². The number of hydrazine groups is 1. The Morgan fingerprint density at radius 3 is 2.83 bits per heavy atom. The number of rotatable bonds is 3. The van der Waals surface area contributed by atoms with Gasteiger partial charge in [0.25, 0.3) is 0 Å². The second-order valence-corrected chi connectivity index (χ2v) is 5.49. The smallest absolute Gasteiger partial charge is 0.234 e. The van der Waals surface area contributed by atoms with E-state index in [1.807, 2.05) is 6.07 Å². The van der Waals surface area contributed by atoms with E-state index in [0.29, 0.717) is 11.7 Å². The summed E-state index contributed by atoms with van der Waals surface area (Å²) < 4.78 is 0.722. The van der Waals surface area contributed by atoms with Crippen LogP contribution in [0.1, 0.15) is 37.9 Å². The molecule has 1 aromatic heterocycles. The molecule has 18 heavy (non-hydrogen) atoms. The molecular weight excluding hydrogens is 294 g/mol. The highest BCUT2D eigenvalue weighted by Gasteiger charge is 2.18. The fraction of sp³-hybridized carbons (Fsp3) is 0.583. The maximum absolute atomic E-state index is 8.81. The maximum atomic E-state index is 8.81. The Labute approximate surface area is 115 Å². The monoisotopic (exact) mass is 309 g/mol. The van der Waals surface area contributed by atoms with E-state index >= 15 is 0 Å². The van der Waals surface area contributed by atoms with Crippen molar-refractivity contribution in [2.45, 2.75) is 32.1 Å². The maximum Gasteiger partial charge on any atom is 0.234 e. The summed E-state index contributed by atoms with van der Waals surface area (Å²) in [4.78, 5) is 8.02. The van der Waals surface area contributed by atoms with Crippen LogP contribution in [0.2, 0.25) is 0 Å². The number of nitriles is 1. The van der Waals surface area contributed by atoms with Crippen molar-refractivity contribution in [3.05, 3.63) is 16.5 Å². The van der Waals surface area contributed by atoms with Crippen LogP contribution in [0.25, 0.3) is 0 Å². The second kappa shape index (κ2) is 6.12. The van der Waals surface area contributed by atoms with E-state index < -0.39 is 0 Å². The van der Waals surface area contributed by atoms with Crippen LogP contribution in [-0.2, 0) is 0 Å². The van der Waals surface area contributed by atoms with Crippen molar-refractivity contribution < 1.29 is 0 Å². The molecule has 0 bridgehead atoms. The third kappa shape index (κ3) is 3.18. The minimum atomic E-state index is 0.146. The molecule has 2 rings (SSSR count). The van der Waals surface area contributed by atoms with E-state index in [1.54, 1.807) is 11.2 Å². The zero-order valence-corrected chi connectivity index (χ0v) is 11.7. The number of hydrogen-bond donors (Lipinski definition) is 1. The van der Waals surface area contributed by atoms with Gasteiger partial charge in [-0.2, -0.15) is 10.2 Å². The van der Waals surface area contributed by atoms with Gasteiger partial charge < -0.3 is 0 Å². The number of nitrogens with two attached hydrogens (primary N) is 1. The lowest BCUT2D eigenvalue weighted by atomic mass is 9.89. The first-order valence-electron chi connectivity index (χ1n) is 6.15. The van der Waals surface area contributed by atoms with Crippen LogP contribution in [0.4, 0.5) is 5.82 Å². The van der Waals surface area contributed by atoms with Crippen molar-refractivity contribution in [3.63, 3.8) is 0 Å². The average Bonchev–Trinajstić information content (AvgIpc) is 2.40. The largest absolute Gasteiger partial charge is 0.294 e. The number of aromatic nitrogens is 2. The summed E-state index contributed by atoms with van der Waals surface area (Å²) >= 11 is 3.37. The first kappa shape index (κ1) is 13.2. The molecule has 1 saturated carbocycles. The molecule has 0 amide bonds. The third-order valence-electron chi connectivity index (χ3n) is 3.28. The molecule has 5 nitrogen and oxygen atoms in total. The van der Waals surface area contributed by atoms with E-state index in [4.69, 9.17) is 11.1 Å². The van der Waals surface area contributed by atoms with Gasteiger partial charge in [0.1, 0.15) is 6.07 Å². The van der Waals surface area contributed by atoms with E-state index in [9.17, 15) is 0 Å². The van der Waals surface area contributed by atoms with Gasteiger partial charge in [-0.1, -0.05) is 19.3 Å². The second-order valence-electron chi connectivity index (χ2n) is 4.63. The fourth-order valence-electron chi connectivity index (χ4n) is 2.35. The van der Waals surface area contributed by atoms with E-state index in [1.165, 1.54) is 32.1 Å². The molecule has 1 heterocycles. The Kier molecular flexibility index (Phi) is 4.50. The zero-order chi connectivity index (χ0) is 13.0. The summed E-state index contributed by atoms with van der Waals surface area (Å²) in [5.74, 6) is 7.41. The highest BCUT2D eigenvalue weighted by molar-refractivity contribution is 9.10. The molecule has 0 aliphatic heterocycles. The minimum absolute atomic E-state index is 0.146. The van der Waals surface area contributed by atoms with Crippen molar-refractivity contribution in [2.24, 2.45) is 11.8 Å². The van der Waals surface area contributed by atoms with Crippen molar-refractivity contribution >= 4 is 21.7 Å². The van der Waals surface area contributed by atoms with Crippen LogP contribution in [0.15, 0.2) is 10.7 Å². The highest BCUT2D eigenvalue weighted by atomic mass is 79.9. The van der Waals surface area contributed by atoms with Crippen LogP contribution in [0, 0.1) is 17.2 Å². The molecule has 0 saturated heterocycles. The summed E-state index contributed by atoms with van der Waals surface area (Å²) in [5.41, 5.74) is 0. The number of nitrogens with zero attached hydrogens (tertiary/aromatic N) is 4. The Hall–Kier alpha value is -1.19.